The minimum atomic E-state index is -0.0404. The molecule has 20 heavy (non-hydrogen) atoms. The van der Waals surface area contributed by atoms with Crippen molar-refractivity contribution in [3.8, 4) is 0 Å². The van der Waals surface area contributed by atoms with Gasteiger partial charge in [0.25, 0.3) is 0 Å². The van der Waals surface area contributed by atoms with Crippen molar-refractivity contribution in [2.45, 2.75) is 37.6 Å². The second kappa shape index (κ2) is 3.76. The molecule has 3 aliphatic carbocycles. The van der Waals surface area contributed by atoms with Gasteiger partial charge in [-0.25, -0.2) is 4.98 Å². The van der Waals surface area contributed by atoms with Crippen LogP contribution >= 0.6 is 11.6 Å². The zero-order chi connectivity index (χ0) is 13.4. The molecule has 0 spiro atoms. The second-order valence-electron chi connectivity index (χ2n) is 6.80. The lowest BCUT2D eigenvalue weighted by molar-refractivity contribution is 0.451. The largest absolute Gasteiger partial charge is 0.323 e. The molecular weight excluding hydrogens is 270 g/mol. The van der Waals surface area contributed by atoms with Crippen molar-refractivity contribution in [2.75, 3.05) is 0 Å². The Morgan fingerprint density at radius 3 is 2.75 bits per heavy atom. The average Bonchev–Trinajstić information content (AvgIpc) is 2.83. The smallest absolute Gasteiger partial charge is 0.128 e. The van der Waals surface area contributed by atoms with Gasteiger partial charge in [-0.05, 0) is 55.9 Å². The molecule has 3 saturated carbocycles. The number of fused-ring (bicyclic) bond motifs is 6. The molecule has 4 heteroatoms. The highest BCUT2D eigenvalue weighted by Gasteiger charge is 2.66. The highest BCUT2D eigenvalue weighted by Crippen LogP contribution is 2.72. The van der Waals surface area contributed by atoms with Crippen LogP contribution in [0.15, 0.2) is 18.5 Å². The van der Waals surface area contributed by atoms with Crippen molar-refractivity contribution in [3.63, 3.8) is 0 Å². The summed E-state index contributed by atoms with van der Waals surface area (Å²) in [5, 5.41) is -0.0404. The van der Waals surface area contributed by atoms with Crippen LogP contribution in [0.2, 0.25) is 0 Å². The summed E-state index contributed by atoms with van der Waals surface area (Å²) >= 11 is 6.39. The third kappa shape index (κ3) is 1.32. The topological polar surface area (TPSA) is 30.7 Å². The van der Waals surface area contributed by atoms with Crippen molar-refractivity contribution >= 4 is 22.6 Å². The van der Waals surface area contributed by atoms with Crippen molar-refractivity contribution in [2.24, 2.45) is 23.7 Å². The van der Waals surface area contributed by atoms with Crippen LogP contribution in [0.1, 0.15) is 43.4 Å². The molecule has 0 aliphatic heterocycles. The molecule has 2 aromatic heterocycles. The third-order valence-electron chi connectivity index (χ3n) is 5.87. The van der Waals surface area contributed by atoms with E-state index in [-0.39, 0.29) is 5.38 Å². The van der Waals surface area contributed by atoms with Gasteiger partial charge in [0.1, 0.15) is 11.3 Å². The number of alkyl halides is 1. The Morgan fingerprint density at radius 2 is 2.05 bits per heavy atom. The number of hydrogen-bond acceptors (Lipinski definition) is 2. The average molecular weight is 288 g/mol. The molecule has 3 fully saturated rings. The summed E-state index contributed by atoms with van der Waals surface area (Å²) in [7, 11) is 0. The number of nitrogens with zero attached hydrogens (tertiary/aromatic N) is 3. The zero-order valence-electron chi connectivity index (χ0n) is 11.5. The first-order valence-corrected chi connectivity index (χ1v) is 8.15. The van der Waals surface area contributed by atoms with Crippen molar-refractivity contribution in [3.05, 3.63) is 24.3 Å². The van der Waals surface area contributed by atoms with Gasteiger partial charge < -0.3 is 4.57 Å². The lowest BCUT2D eigenvalue weighted by Crippen LogP contribution is -2.09. The molecule has 0 amide bonds. The molecule has 3 nitrogen and oxygen atoms in total. The van der Waals surface area contributed by atoms with Gasteiger partial charge in [-0.2, -0.15) is 0 Å². The van der Waals surface area contributed by atoms with Crippen molar-refractivity contribution < 1.29 is 0 Å². The summed E-state index contributed by atoms with van der Waals surface area (Å²) in [6, 6.07) is 2.76. The van der Waals surface area contributed by atoms with Gasteiger partial charge in [0.2, 0.25) is 0 Å². The Hall–Kier alpha value is -1.09. The minimum absolute atomic E-state index is 0.0404. The molecule has 2 aromatic rings. The van der Waals surface area contributed by atoms with Gasteiger partial charge in [-0.15, -0.1) is 11.6 Å². The fourth-order valence-corrected chi connectivity index (χ4v) is 5.34. The number of pyridine rings is 1. The van der Waals surface area contributed by atoms with Crippen molar-refractivity contribution in [1.82, 2.24) is 14.5 Å². The maximum atomic E-state index is 6.39. The first kappa shape index (κ1) is 11.6. The van der Waals surface area contributed by atoms with E-state index in [1.54, 1.807) is 0 Å². The Bertz CT molecular complexity index is 676. The second-order valence-corrected chi connectivity index (χ2v) is 7.45. The molecule has 3 aliphatic rings. The zero-order valence-corrected chi connectivity index (χ0v) is 12.3. The third-order valence-corrected chi connectivity index (χ3v) is 6.06. The summed E-state index contributed by atoms with van der Waals surface area (Å²) in [6.07, 6.45) is 8.10. The maximum absolute atomic E-state index is 6.39. The van der Waals surface area contributed by atoms with Crippen LogP contribution in [0, 0.1) is 23.7 Å². The summed E-state index contributed by atoms with van der Waals surface area (Å²) in [5.74, 6) is 4.76. The van der Waals surface area contributed by atoms with Crippen LogP contribution in [-0.4, -0.2) is 14.5 Å². The van der Waals surface area contributed by atoms with Gasteiger partial charge in [0.05, 0.1) is 17.1 Å². The van der Waals surface area contributed by atoms with Crippen LogP contribution in [0.25, 0.3) is 11.0 Å². The number of halogens is 1. The Labute approximate surface area is 123 Å². The van der Waals surface area contributed by atoms with E-state index in [1.807, 2.05) is 19.3 Å². The molecule has 104 valence electrons. The lowest BCUT2D eigenvalue weighted by Gasteiger charge is -2.15. The molecule has 2 bridgehead atoms. The van der Waals surface area contributed by atoms with E-state index in [0.29, 0.717) is 6.04 Å². The van der Waals surface area contributed by atoms with E-state index in [4.69, 9.17) is 16.6 Å². The fourth-order valence-electron chi connectivity index (χ4n) is 5.19. The van der Waals surface area contributed by atoms with Crippen LogP contribution in [-0.2, 0) is 0 Å². The van der Waals surface area contributed by atoms with Gasteiger partial charge in [-0.3, -0.25) is 4.98 Å². The standard InChI is InChI=1S/C16H18ClN3/c1-8(17)16-19-11-7-18-5-4-12(11)20(16)15-13-9-2-3-10(6-9)14(13)15/h4-5,7-10,13-15H,2-3,6H2,1H3. The normalized spacial score (nSPS) is 39.2. The molecule has 0 saturated heterocycles. The van der Waals surface area contributed by atoms with E-state index in [9.17, 15) is 0 Å². The van der Waals surface area contributed by atoms with Gasteiger partial charge in [-0.1, -0.05) is 0 Å². The number of aromatic nitrogens is 3. The summed E-state index contributed by atoms with van der Waals surface area (Å²) in [6.45, 7) is 2.03. The SMILES string of the molecule is CC(Cl)c1nc2cnccc2n1C1C2C3CCC(C3)C21. The summed E-state index contributed by atoms with van der Waals surface area (Å²) < 4.78 is 2.45. The number of rotatable bonds is 2. The Balaban J connectivity index is 1.67. The molecule has 0 radical (unpaired) electrons. The molecular formula is C16H18ClN3. The molecule has 5 atom stereocenters. The van der Waals surface area contributed by atoms with Crippen LogP contribution in [0.3, 0.4) is 0 Å². The number of hydrogen-bond donors (Lipinski definition) is 0. The van der Waals surface area contributed by atoms with Crippen molar-refractivity contribution in [1.29, 1.82) is 0 Å². The highest BCUT2D eigenvalue weighted by molar-refractivity contribution is 6.20. The molecule has 0 N–H and O–H groups in total. The van der Waals surface area contributed by atoms with Crippen LogP contribution < -0.4 is 0 Å². The quantitative estimate of drug-likeness (QED) is 0.783. The predicted octanol–water partition coefficient (Wildman–Crippen LogP) is 3.95. The molecule has 2 heterocycles. The summed E-state index contributed by atoms with van der Waals surface area (Å²) in [5.41, 5.74) is 2.22. The molecule has 5 unspecified atom stereocenters. The fraction of sp³-hybridized carbons (Fsp3) is 0.625. The first-order valence-electron chi connectivity index (χ1n) is 7.71. The van der Waals surface area contributed by atoms with E-state index >= 15 is 0 Å². The van der Waals surface area contributed by atoms with E-state index < -0.39 is 0 Å². The monoisotopic (exact) mass is 287 g/mol. The van der Waals surface area contributed by atoms with Crippen LogP contribution in [0.4, 0.5) is 0 Å². The van der Waals surface area contributed by atoms with Gasteiger partial charge >= 0.3 is 0 Å². The lowest BCUT2D eigenvalue weighted by atomic mass is 10.0. The molecule has 5 rings (SSSR count). The molecule has 0 aromatic carbocycles. The first-order chi connectivity index (χ1) is 9.75. The number of imidazole rings is 1. The van der Waals surface area contributed by atoms with E-state index in [0.717, 1.165) is 35.0 Å². The minimum Gasteiger partial charge on any atom is -0.323 e. The van der Waals surface area contributed by atoms with Gasteiger partial charge in [0, 0.05) is 12.2 Å². The van der Waals surface area contributed by atoms with E-state index in [2.05, 4.69) is 15.6 Å². The Kier molecular flexibility index (Phi) is 2.17. The van der Waals surface area contributed by atoms with E-state index in [1.165, 1.54) is 24.8 Å². The highest BCUT2D eigenvalue weighted by atomic mass is 35.5. The summed E-state index contributed by atoms with van der Waals surface area (Å²) in [4.78, 5) is 8.94. The Morgan fingerprint density at radius 1 is 1.30 bits per heavy atom. The maximum Gasteiger partial charge on any atom is 0.128 e. The van der Waals surface area contributed by atoms with Crippen LogP contribution in [0.5, 0.6) is 0 Å². The predicted molar refractivity (Wildman–Crippen MR) is 78.6 cm³/mol. The van der Waals surface area contributed by atoms with Gasteiger partial charge in [0.15, 0.2) is 0 Å².